The number of carbonyl (C=O) groups excluding carboxylic acids is 2. The zero-order valence-electron chi connectivity index (χ0n) is 34.2. The van der Waals surface area contributed by atoms with Crippen molar-refractivity contribution in [3.63, 3.8) is 0 Å². The Morgan fingerprint density at radius 2 is 0.943 bits per heavy atom. The van der Waals surface area contributed by atoms with Crippen molar-refractivity contribution in [1.82, 2.24) is 0 Å². The van der Waals surface area contributed by atoms with Crippen molar-refractivity contribution in [1.29, 1.82) is 0 Å². The first-order valence-electron chi connectivity index (χ1n) is 22.1. The van der Waals surface area contributed by atoms with E-state index in [1.54, 1.807) is 6.92 Å². The summed E-state index contributed by atoms with van der Waals surface area (Å²) in [6.07, 6.45) is 28.9. The second-order valence-electron chi connectivity index (χ2n) is 15.9. The minimum absolute atomic E-state index is 0.119. The van der Waals surface area contributed by atoms with Crippen molar-refractivity contribution in [3.05, 3.63) is 0 Å². The molecule has 1 aliphatic rings. The average molecular weight is 759 g/mol. The van der Waals surface area contributed by atoms with Gasteiger partial charge >= 0.3 is 23.7 Å². The molecular weight excluding hydrogens is 676 g/mol. The van der Waals surface area contributed by atoms with E-state index in [0.29, 0.717) is 12.8 Å². The lowest BCUT2D eigenvalue weighted by Crippen LogP contribution is -2.75. The lowest BCUT2D eigenvalue weighted by Gasteiger charge is -2.49. The van der Waals surface area contributed by atoms with Crippen LogP contribution in [0.5, 0.6) is 0 Å². The van der Waals surface area contributed by atoms with Crippen LogP contribution in [0.25, 0.3) is 0 Å². The van der Waals surface area contributed by atoms with Crippen LogP contribution in [0.1, 0.15) is 220 Å². The van der Waals surface area contributed by atoms with E-state index in [1.807, 2.05) is 0 Å². The number of esters is 2. The predicted molar refractivity (Wildman–Crippen MR) is 210 cm³/mol. The van der Waals surface area contributed by atoms with E-state index in [0.717, 1.165) is 51.4 Å². The van der Waals surface area contributed by atoms with Gasteiger partial charge in [0.15, 0.2) is 6.10 Å². The molecule has 0 bridgehead atoms. The molecule has 1 fully saturated rings. The van der Waals surface area contributed by atoms with E-state index in [4.69, 9.17) is 14.2 Å². The molecule has 1 rings (SSSR count). The maximum atomic E-state index is 13.0. The van der Waals surface area contributed by atoms with Crippen LogP contribution < -0.4 is 0 Å². The molecule has 0 saturated carbocycles. The molecule has 0 radical (unpaired) electrons. The topological polar surface area (TPSA) is 163 Å². The lowest BCUT2D eigenvalue weighted by molar-refractivity contribution is -0.511. The number of rotatable bonds is 35. The van der Waals surface area contributed by atoms with Gasteiger partial charge in [0.1, 0.15) is 12.2 Å². The number of aliphatic hydroxyl groups excluding tert-OH is 3. The number of hydrogen-bond acceptors (Lipinski definition) is 10. The molecule has 53 heavy (non-hydrogen) atoms. The van der Waals surface area contributed by atoms with Crippen molar-refractivity contribution < 1.29 is 49.3 Å². The molecule has 0 aliphatic carbocycles. The van der Waals surface area contributed by atoms with Crippen LogP contribution in [0.3, 0.4) is 0 Å². The first-order valence-corrected chi connectivity index (χ1v) is 22.1. The zero-order valence-corrected chi connectivity index (χ0v) is 34.2. The van der Waals surface area contributed by atoms with Crippen LogP contribution in [-0.4, -0.2) is 74.2 Å². The van der Waals surface area contributed by atoms with E-state index in [-0.39, 0.29) is 6.42 Å². The summed E-state index contributed by atoms with van der Waals surface area (Å²) < 4.78 is 15.5. The lowest BCUT2D eigenvalue weighted by atomic mass is 9.93. The van der Waals surface area contributed by atoms with Crippen LogP contribution in [0.15, 0.2) is 0 Å². The zero-order chi connectivity index (χ0) is 39.2. The Kier molecular flexibility index (Phi) is 29.0. The van der Waals surface area contributed by atoms with Crippen LogP contribution in [0.2, 0.25) is 0 Å². The molecule has 0 spiro atoms. The number of unbranched alkanes of at least 4 members (excludes halogenated alkanes) is 27. The molecule has 0 aromatic heterocycles. The summed E-state index contributed by atoms with van der Waals surface area (Å²) in [5.74, 6) is -9.24. The van der Waals surface area contributed by atoms with Crippen LogP contribution >= 0.6 is 0 Å². The van der Waals surface area contributed by atoms with Gasteiger partial charge in [-0.15, -0.1) is 0 Å². The molecule has 6 atom stereocenters. The molecule has 2 unspecified atom stereocenters. The van der Waals surface area contributed by atoms with Gasteiger partial charge in [0, 0.05) is 6.42 Å². The number of aliphatic hydroxyl groups is 5. The highest BCUT2D eigenvalue weighted by atomic mass is 16.9. The summed E-state index contributed by atoms with van der Waals surface area (Å²) in [5, 5.41) is 53.4. The third-order valence-electron chi connectivity index (χ3n) is 10.9. The number of carbonyl (C=O) groups is 2. The molecule has 0 amide bonds. The van der Waals surface area contributed by atoms with E-state index >= 15 is 0 Å². The highest BCUT2D eigenvalue weighted by molar-refractivity contribution is 5.73. The Balaban J connectivity index is 2.39. The smallest absolute Gasteiger partial charge is 0.399 e. The van der Waals surface area contributed by atoms with E-state index in [9.17, 15) is 35.1 Å². The molecule has 5 N–H and O–H groups in total. The molecular formula is C43H82O10. The Morgan fingerprint density at radius 1 is 0.585 bits per heavy atom. The maximum absolute atomic E-state index is 13.0. The van der Waals surface area contributed by atoms with Gasteiger partial charge in [-0.05, 0) is 12.8 Å². The van der Waals surface area contributed by atoms with Crippen molar-refractivity contribution in [2.75, 3.05) is 6.61 Å². The minimum atomic E-state index is -3.34. The normalized spacial score (nSPS) is 23.6. The SMILES string of the molecule is CCCCCCCCCCCCCCCCCC(=O)O[C@]1(O)[C@@H](O)[C@H](O)[C@@H](CO)OC1(O)OC(=O)C(C)CCCCCCCCCCCCCCCC. The maximum Gasteiger partial charge on any atom is 0.399 e. The summed E-state index contributed by atoms with van der Waals surface area (Å²) in [4.78, 5) is 25.8. The van der Waals surface area contributed by atoms with Gasteiger partial charge in [0.25, 0.3) is 0 Å². The standard InChI is InChI=1S/C43H82O10/c1-4-6-8-10-12-14-16-18-20-22-24-26-28-30-32-34-38(45)52-42(49)40(47)39(46)37(35-44)51-43(42,50)53-41(48)36(3)33-31-29-27-25-23-21-19-17-15-13-11-9-7-5-2/h36-37,39-40,44,46-47,49-50H,4-35H2,1-3H3/t36?,37-,39-,40+,42-,43?/m1/s1. The molecule has 0 aromatic carbocycles. The first kappa shape index (κ1) is 49.7. The molecule has 1 saturated heterocycles. The van der Waals surface area contributed by atoms with Crippen LogP contribution in [-0.2, 0) is 23.8 Å². The fourth-order valence-corrected chi connectivity index (χ4v) is 7.21. The molecule has 0 aromatic rings. The third-order valence-corrected chi connectivity index (χ3v) is 10.9. The predicted octanol–water partition coefficient (Wildman–Crippen LogP) is 9.29. The van der Waals surface area contributed by atoms with Gasteiger partial charge in [0.2, 0.25) is 0 Å². The van der Waals surface area contributed by atoms with Gasteiger partial charge in [-0.1, -0.05) is 201 Å². The molecule has 1 heterocycles. The molecule has 1 aliphatic heterocycles. The largest absolute Gasteiger partial charge is 0.420 e. The molecule has 314 valence electrons. The second-order valence-corrected chi connectivity index (χ2v) is 15.9. The monoisotopic (exact) mass is 759 g/mol. The molecule has 10 nitrogen and oxygen atoms in total. The van der Waals surface area contributed by atoms with Crippen LogP contribution in [0.4, 0.5) is 0 Å². The number of ether oxygens (including phenoxy) is 3. The fraction of sp³-hybridized carbons (Fsp3) is 0.953. The highest BCUT2D eigenvalue weighted by Gasteiger charge is 2.70. The van der Waals surface area contributed by atoms with Gasteiger partial charge in [-0.25, -0.2) is 0 Å². The van der Waals surface area contributed by atoms with Gasteiger partial charge in [0.05, 0.1) is 12.5 Å². The minimum Gasteiger partial charge on any atom is -0.420 e. The third kappa shape index (κ3) is 21.0. The summed E-state index contributed by atoms with van der Waals surface area (Å²) in [6.45, 7) is 5.23. The first-order chi connectivity index (χ1) is 25.6. The van der Waals surface area contributed by atoms with Crippen molar-refractivity contribution >= 4 is 11.9 Å². The van der Waals surface area contributed by atoms with Crippen LogP contribution in [0, 0.1) is 5.92 Å². The summed E-state index contributed by atoms with van der Waals surface area (Å²) in [7, 11) is 0. The summed E-state index contributed by atoms with van der Waals surface area (Å²) >= 11 is 0. The van der Waals surface area contributed by atoms with E-state index in [2.05, 4.69) is 13.8 Å². The van der Waals surface area contributed by atoms with E-state index < -0.39 is 54.5 Å². The quantitative estimate of drug-likeness (QED) is 0.0239. The highest BCUT2D eigenvalue weighted by Crippen LogP contribution is 2.40. The van der Waals surface area contributed by atoms with Gasteiger partial charge in [-0.2, -0.15) is 0 Å². The van der Waals surface area contributed by atoms with E-state index in [1.165, 1.54) is 128 Å². The Morgan fingerprint density at radius 3 is 1.32 bits per heavy atom. The summed E-state index contributed by atoms with van der Waals surface area (Å²) in [6, 6.07) is 0. The van der Waals surface area contributed by atoms with Gasteiger partial charge < -0.3 is 39.7 Å². The Bertz CT molecular complexity index is 902. The van der Waals surface area contributed by atoms with Crippen molar-refractivity contribution in [2.45, 2.75) is 250 Å². The Labute approximate surface area is 323 Å². The second kappa shape index (κ2) is 30.9. The molecule has 10 heteroatoms. The average Bonchev–Trinajstić information content (AvgIpc) is 3.14. The number of hydrogen-bond donors (Lipinski definition) is 5. The van der Waals surface area contributed by atoms with Crippen molar-refractivity contribution in [3.8, 4) is 0 Å². The fourth-order valence-electron chi connectivity index (χ4n) is 7.21. The van der Waals surface area contributed by atoms with Gasteiger partial charge in [-0.3, -0.25) is 9.59 Å². The Hall–Kier alpha value is -1.30. The van der Waals surface area contributed by atoms with Crippen molar-refractivity contribution in [2.24, 2.45) is 5.92 Å². The summed E-state index contributed by atoms with van der Waals surface area (Å²) in [5.41, 5.74) is 0.